The minimum atomic E-state index is 0. The number of hydrogen-bond donors (Lipinski definition) is 0. The number of halogens is 1. The lowest BCUT2D eigenvalue weighted by Gasteiger charge is -2.21. The van der Waals surface area contributed by atoms with E-state index in [2.05, 4.69) is 90.6 Å². The topological polar surface area (TPSA) is 32.5 Å². The SMILES string of the molecule is CCN(CC)c1ccc2nc3ccc(N(CC)CC)cc3[n+](-c3ccc(OC)cc3)c2c1.[I-]. The molecule has 0 saturated heterocycles. The molecule has 33 heavy (non-hydrogen) atoms. The lowest BCUT2D eigenvalue weighted by atomic mass is 10.1. The predicted octanol–water partition coefficient (Wildman–Crippen LogP) is 2.37. The van der Waals surface area contributed by atoms with E-state index in [0.29, 0.717) is 0 Å². The average Bonchev–Trinajstić information content (AvgIpc) is 2.84. The van der Waals surface area contributed by atoms with Gasteiger partial charge in [-0.3, -0.25) is 0 Å². The summed E-state index contributed by atoms with van der Waals surface area (Å²) in [6.45, 7) is 12.7. The van der Waals surface area contributed by atoms with E-state index in [0.717, 1.165) is 59.7 Å². The molecule has 0 unspecified atom stereocenters. The van der Waals surface area contributed by atoms with Gasteiger partial charge in [-0.1, -0.05) is 0 Å². The third kappa shape index (κ3) is 4.86. The fraction of sp³-hybridized carbons (Fsp3) is 0.333. The Labute approximate surface area is 214 Å². The molecule has 0 fully saturated rings. The summed E-state index contributed by atoms with van der Waals surface area (Å²) < 4.78 is 7.73. The molecule has 0 N–H and O–H groups in total. The van der Waals surface area contributed by atoms with Crippen molar-refractivity contribution in [1.29, 1.82) is 0 Å². The van der Waals surface area contributed by atoms with Crippen molar-refractivity contribution in [2.24, 2.45) is 0 Å². The number of benzene rings is 3. The van der Waals surface area contributed by atoms with Crippen LogP contribution in [0.1, 0.15) is 27.7 Å². The van der Waals surface area contributed by atoms with Gasteiger partial charge in [-0.05, 0) is 64.1 Å². The van der Waals surface area contributed by atoms with Crippen LogP contribution in [0.3, 0.4) is 0 Å². The van der Waals surface area contributed by atoms with Crippen LogP contribution < -0.4 is 43.1 Å². The molecule has 6 heteroatoms. The van der Waals surface area contributed by atoms with Crippen LogP contribution in [0, 0.1) is 0 Å². The molecule has 5 nitrogen and oxygen atoms in total. The number of hydrogen-bond acceptors (Lipinski definition) is 4. The maximum atomic E-state index is 5.40. The molecule has 1 heterocycles. The fourth-order valence-corrected chi connectivity index (χ4v) is 4.41. The summed E-state index contributed by atoms with van der Waals surface area (Å²) >= 11 is 0. The van der Waals surface area contributed by atoms with Crippen molar-refractivity contribution in [1.82, 2.24) is 4.98 Å². The van der Waals surface area contributed by atoms with E-state index >= 15 is 0 Å². The summed E-state index contributed by atoms with van der Waals surface area (Å²) in [4.78, 5) is 9.76. The van der Waals surface area contributed by atoms with E-state index < -0.39 is 0 Å². The van der Waals surface area contributed by atoms with Gasteiger partial charge in [-0.2, -0.15) is 0 Å². The molecule has 1 aromatic heterocycles. The number of aromatic nitrogens is 2. The minimum Gasteiger partial charge on any atom is -1.00 e. The molecule has 174 valence electrons. The number of ether oxygens (including phenoxy) is 1. The molecule has 0 saturated carbocycles. The summed E-state index contributed by atoms with van der Waals surface area (Å²) in [6, 6.07) is 21.4. The smallest absolute Gasteiger partial charge is 0.239 e. The second-order valence-corrected chi connectivity index (χ2v) is 7.84. The highest BCUT2D eigenvalue weighted by molar-refractivity contribution is 5.86. The highest BCUT2D eigenvalue weighted by Gasteiger charge is 2.22. The largest absolute Gasteiger partial charge is 1.00 e. The molecule has 0 aliphatic carbocycles. The van der Waals surface area contributed by atoms with Gasteiger partial charge in [0.05, 0.1) is 7.11 Å². The van der Waals surface area contributed by atoms with Gasteiger partial charge in [0.2, 0.25) is 16.7 Å². The molecule has 0 radical (unpaired) electrons. The second-order valence-electron chi connectivity index (χ2n) is 7.84. The van der Waals surface area contributed by atoms with Crippen molar-refractivity contribution < 1.29 is 33.3 Å². The Hall–Kier alpha value is -2.61. The molecule has 4 rings (SSSR count). The Balaban J connectivity index is 0.00000306. The average molecular weight is 556 g/mol. The molecular weight excluding hydrogens is 523 g/mol. The van der Waals surface area contributed by atoms with Gasteiger partial charge in [-0.25, -0.2) is 4.98 Å². The Bertz CT molecular complexity index is 1150. The third-order valence-electron chi connectivity index (χ3n) is 6.23. The summed E-state index contributed by atoms with van der Waals surface area (Å²) in [5.74, 6) is 0.852. The maximum Gasteiger partial charge on any atom is 0.239 e. The third-order valence-corrected chi connectivity index (χ3v) is 6.23. The number of anilines is 2. The van der Waals surface area contributed by atoms with Crippen LogP contribution in [-0.2, 0) is 0 Å². The van der Waals surface area contributed by atoms with E-state index in [1.807, 2.05) is 12.1 Å². The normalized spacial score (nSPS) is 10.8. The minimum absolute atomic E-state index is 0. The lowest BCUT2D eigenvalue weighted by Crippen LogP contribution is -3.00. The zero-order chi connectivity index (χ0) is 22.7. The van der Waals surface area contributed by atoms with Crippen LogP contribution in [0.4, 0.5) is 11.4 Å². The first-order valence-corrected chi connectivity index (χ1v) is 11.6. The summed E-state index contributed by atoms with van der Waals surface area (Å²) in [5.41, 5.74) is 7.69. The number of fused-ring (bicyclic) bond motifs is 2. The highest BCUT2D eigenvalue weighted by Crippen LogP contribution is 2.26. The van der Waals surface area contributed by atoms with E-state index in [4.69, 9.17) is 9.72 Å². The van der Waals surface area contributed by atoms with E-state index in [9.17, 15) is 0 Å². The fourth-order valence-electron chi connectivity index (χ4n) is 4.41. The van der Waals surface area contributed by atoms with Crippen LogP contribution in [0.25, 0.3) is 27.8 Å². The molecule has 0 atom stereocenters. The van der Waals surface area contributed by atoms with Crippen molar-refractivity contribution in [3.05, 3.63) is 60.7 Å². The van der Waals surface area contributed by atoms with Crippen LogP contribution in [0.15, 0.2) is 60.7 Å². The van der Waals surface area contributed by atoms with Crippen LogP contribution in [-0.4, -0.2) is 38.3 Å². The van der Waals surface area contributed by atoms with Crippen molar-refractivity contribution in [3.8, 4) is 11.4 Å². The van der Waals surface area contributed by atoms with Crippen molar-refractivity contribution in [2.75, 3.05) is 43.1 Å². The molecule has 3 aromatic carbocycles. The van der Waals surface area contributed by atoms with Gasteiger partial charge >= 0.3 is 0 Å². The van der Waals surface area contributed by atoms with Gasteiger partial charge in [0.25, 0.3) is 0 Å². The molecule has 4 aromatic rings. The summed E-state index contributed by atoms with van der Waals surface area (Å²) in [6.07, 6.45) is 0. The molecule has 0 bridgehead atoms. The highest BCUT2D eigenvalue weighted by atomic mass is 127. The van der Waals surface area contributed by atoms with E-state index in [1.165, 1.54) is 11.4 Å². The Morgan fingerprint density at radius 1 is 0.697 bits per heavy atom. The van der Waals surface area contributed by atoms with Crippen LogP contribution >= 0.6 is 0 Å². The number of methoxy groups -OCH3 is 1. The van der Waals surface area contributed by atoms with Crippen molar-refractivity contribution in [3.63, 3.8) is 0 Å². The Kier molecular flexibility index (Phi) is 8.35. The molecule has 0 amide bonds. The first-order valence-electron chi connectivity index (χ1n) is 11.6. The monoisotopic (exact) mass is 556 g/mol. The molecule has 0 aliphatic heterocycles. The summed E-state index contributed by atoms with van der Waals surface area (Å²) in [5, 5.41) is 0. The quantitative estimate of drug-likeness (QED) is 0.190. The van der Waals surface area contributed by atoms with Gasteiger partial charge in [0.1, 0.15) is 16.8 Å². The van der Waals surface area contributed by atoms with Crippen LogP contribution in [0.2, 0.25) is 0 Å². The molecular formula is C27H33IN4O. The van der Waals surface area contributed by atoms with E-state index in [1.54, 1.807) is 7.11 Å². The van der Waals surface area contributed by atoms with Gasteiger partial charge in [-0.15, -0.1) is 4.57 Å². The Morgan fingerprint density at radius 2 is 1.15 bits per heavy atom. The maximum absolute atomic E-state index is 5.40. The van der Waals surface area contributed by atoms with Crippen LogP contribution in [0.5, 0.6) is 5.75 Å². The van der Waals surface area contributed by atoms with E-state index in [-0.39, 0.29) is 24.0 Å². The molecule has 0 aliphatic rings. The lowest BCUT2D eigenvalue weighted by molar-refractivity contribution is -0.538. The zero-order valence-corrected chi connectivity index (χ0v) is 22.3. The van der Waals surface area contributed by atoms with Gasteiger partial charge in [0, 0.05) is 61.8 Å². The number of rotatable bonds is 8. The van der Waals surface area contributed by atoms with Gasteiger partial charge in [0.15, 0.2) is 0 Å². The first kappa shape index (κ1) is 25.0. The van der Waals surface area contributed by atoms with Crippen molar-refractivity contribution in [2.45, 2.75) is 27.7 Å². The second kappa shape index (κ2) is 11.0. The first-order chi connectivity index (χ1) is 15.6. The molecule has 0 spiro atoms. The predicted molar refractivity (Wildman–Crippen MR) is 134 cm³/mol. The number of nitrogens with zero attached hydrogens (tertiary/aromatic N) is 4. The van der Waals surface area contributed by atoms with Crippen molar-refractivity contribution >= 4 is 33.4 Å². The summed E-state index contributed by atoms with van der Waals surface area (Å²) in [7, 11) is 1.70. The standard InChI is InChI=1S/C27H33N4O.HI/c1-6-29(7-2)21-12-16-24-26(18-21)31(20-10-14-23(32-5)15-11-20)27-19-22(30(8-3)9-4)13-17-25(27)28-24;/h10-19H,6-9H2,1-5H3;1H/q+1;/p-1. The Morgan fingerprint density at radius 3 is 1.55 bits per heavy atom. The zero-order valence-electron chi connectivity index (χ0n) is 20.2. The van der Waals surface area contributed by atoms with Gasteiger partial charge < -0.3 is 38.5 Å².